The van der Waals surface area contributed by atoms with Gasteiger partial charge in [0.2, 0.25) is 0 Å². The lowest BCUT2D eigenvalue weighted by atomic mass is 9.42. The highest BCUT2D eigenvalue weighted by Crippen LogP contribution is 2.72. The van der Waals surface area contributed by atoms with Gasteiger partial charge in [-0.1, -0.05) is 52.7 Å². The SMILES string of the molecule is C[C@H](CC[C@@H](O)C(C)(C)O)[C@H]1CC[C@@]2(C)C3=C(C[C@H](O)[C@]12C)[C@@]1(C)C[C@@H](OC(=O)C[C@@](C)(O)CC(=O)O)[C@H](O)C(C)(C)[C@@H]1CC3. The molecule has 2 saturated carbocycles. The number of carbonyl (C=O) groups is 2. The number of ether oxygens (including phenoxy) is 1. The Balaban J connectivity index is 1.64. The van der Waals surface area contributed by atoms with E-state index in [0.717, 1.165) is 32.1 Å². The van der Waals surface area contributed by atoms with E-state index in [1.165, 1.54) is 18.1 Å². The molecule has 4 rings (SSSR count). The molecule has 0 radical (unpaired) electrons. The molecule has 9 heteroatoms. The summed E-state index contributed by atoms with van der Waals surface area (Å²) >= 11 is 0. The van der Waals surface area contributed by atoms with Gasteiger partial charge in [0.1, 0.15) is 6.10 Å². The van der Waals surface area contributed by atoms with E-state index in [0.29, 0.717) is 19.3 Å². The highest BCUT2D eigenvalue weighted by Gasteiger charge is 2.67. The van der Waals surface area contributed by atoms with Gasteiger partial charge >= 0.3 is 11.9 Å². The zero-order valence-electron chi connectivity index (χ0n) is 29.0. The Hall–Kier alpha value is -1.52. The van der Waals surface area contributed by atoms with Crippen LogP contribution in [0.4, 0.5) is 0 Å². The Morgan fingerprint density at radius 3 is 2.18 bits per heavy atom. The molecule has 0 bridgehead atoms. The van der Waals surface area contributed by atoms with Crippen LogP contribution < -0.4 is 0 Å². The van der Waals surface area contributed by atoms with Crippen LogP contribution in [0.2, 0.25) is 0 Å². The second-order valence-electron chi connectivity index (χ2n) is 17.4. The van der Waals surface area contributed by atoms with Crippen molar-refractivity contribution in [3.05, 3.63) is 11.1 Å². The average Bonchev–Trinajstić information content (AvgIpc) is 3.17. The molecule has 0 aromatic heterocycles. The average molecular weight is 637 g/mol. The predicted octanol–water partition coefficient (Wildman–Crippen LogP) is 4.75. The summed E-state index contributed by atoms with van der Waals surface area (Å²) in [5.74, 6) is -1.34. The molecule has 0 amide bonds. The number of hydrogen-bond donors (Lipinski definition) is 6. The number of carboxylic acid groups (broad SMARTS) is 1. The molecule has 0 heterocycles. The van der Waals surface area contributed by atoms with Gasteiger partial charge in [0.05, 0.1) is 42.4 Å². The minimum absolute atomic E-state index is 0.100. The first kappa shape index (κ1) is 36.3. The molecule has 4 aliphatic rings. The maximum Gasteiger partial charge on any atom is 0.309 e. The van der Waals surface area contributed by atoms with Gasteiger partial charge in [0, 0.05) is 5.41 Å². The molecule has 9 nitrogen and oxygen atoms in total. The molecule has 0 aliphatic heterocycles. The molecule has 0 saturated heterocycles. The molecule has 0 spiro atoms. The van der Waals surface area contributed by atoms with Gasteiger partial charge in [0.25, 0.3) is 0 Å². The Kier molecular flexibility index (Phi) is 9.58. The van der Waals surface area contributed by atoms with Crippen LogP contribution in [0.25, 0.3) is 0 Å². The van der Waals surface area contributed by atoms with Crippen LogP contribution in [0.5, 0.6) is 0 Å². The molecule has 0 aromatic rings. The molecule has 0 unspecified atom stereocenters. The van der Waals surface area contributed by atoms with Crippen LogP contribution in [-0.4, -0.2) is 78.2 Å². The van der Waals surface area contributed by atoms with Crippen molar-refractivity contribution in [3.63, 3.8) is 0 Å². The third-order valence-electron chi connectivity index (χ3n) is 13.6. The number of fused-ring (bicyclic) bond motifs is 4. The number of allylic oxidation sites excluding steroid dienone is 1. The zero-order chi connectivity index (χ0) is 34.1. The van der Waals surface area contributed by atoms with Crippen LogP contribution >= 0.6 is 0 Å². The smallest absolute Gasteiger partial charge is 0.309 e. The van der Waals surface area contributed by atoms with Crippen LogP contribution in [0.1, 0.15) is 127 Å². The lowest BCUT2D eigenvalue weighted by molar-refractivity contribution is -0.193. The van der Waals surface area contributed by atoms with Gasteiger partial charge < -0.3 is 35.4 Å². The van der Waals surface area contributed by atoms with E-state index in [1.807, 2.05) is 13.8 Å². The molecule has 258 valence electrons. The van der Waals surface area contributed by atoms with Gasteiger partial charge in [-0.2, -0.15) is 0 Å². The topological polar surface area (TPSA) is 165 Å². The maximum atomic E-state index is 13.0. The first-order chi connectivity index (χ1) is 20.4. The van der Waals surface area contributed by atoms with Crippen LogP contribution in [0.3, 0.4) is 0 Å². The molecule has 45 heavy (non-hydrogen) atoms. The Morgan fingerprint density at radius 1 is 0.978 bits per heavy atom. The van der Waals surface area contributed by atoms with Gasteiger partial charge in [-0.05, 0) is 106 Å². The van der Waals surface area contributed by atoms with Crippen LogP contribution in [0.15, 0.2) is 11.1 Å². The van der Waals surface area contributed by atoms with E-state index >= 15 is 0 Å². The maximum absolute atomic E-state index is 13.0. The van der Waals surface area contributed by atoms with E-state index in [4.69, 9.17) is 9.84 Å². The van der Waals surface area contributed by atoms with Crippen molar-refractivity contribution in [1.29, 1.82) is 0 Å². The zero-order valence-corrected chi connectivity index (χ0v) is 29.0. The summed E-state index contributed by atoms with van der Waals surface area (Å²) in [7, 11) is 0. The Labute approximate surface area is 269 Å². The molecular weight excluding hydrogens is 576 g/mol. The summed E-state index contributed by atoms with van der Waals surface area (Å²) in [5.41, 5.74) is -1.91. The predicted molar refractivity (Wildman–Crippen MR) is 170 cm³/mol. The van der Waals surface area contributed by atoms with E-state index in [2.05, 4.69) is 27.7 Å². The van der Waals surface area contributed by atoms with E-state index < -0.39 is 71.2 Å². The van der Waals surface area contributed by atoms with Gasteiger partial charge in [-0.15, -0.1) is 0 Å². The summed E-state index contributed by atoms with van der Waals surface area (Å²) in [5, 5.41) is 64.0. The fraction of sp³-hybridized carbons (Fsp3) is 0.889. The summed E-state index contributed by atoms with van der Waals surface area (Å²) < 4.78 is 5.86. The standard InChI is InChI=1S/C36H60O9/c1-20(10-13-26(37)32(4,5)43)21-14-15-35(8)22-11-12-25-31(2,3)30(42)24(45-29(41)19-33(6,44)18-28(39)40)17-34(25,7)23(22)16-27(38)36(21,35)9/h20-21,24-27,30,37-38,42-44H,10-19H2,1-9H3,(H,39,40)/t20-,21-,24-,25+,26-,27+,30+,33+,34-,35+,36+/m1/s1. The number of aliphatic hydroxyl groups excluding tert-OH is 3. The van der Waals surface area contributed by atoms with E-state index in [9.17, 15) is 35.1 Å². The monoisotopic (exact) mass is 636 g/mol. The van der Waals surface area contributed by atoms with Gasteiger partial charge in [-0.3, -0.25) is 9.59 Å². The lowest BCUT2D eigenvalue weighted by Crippen LogP contribution is -2.62. The highest BCUT2D eigenvalue weighted by atomic mass is 16.6. The summed E-state index contributed by atoms with van der Waals surface area (Å²) in [6.07, 6.45) is 1.63. The molecule has 2 fully saturated rings. The first-order valence-electron chi connectivity index (χ1n) is 17.0. The van der Waals surface area contributed by atoms with Gasteiger partial charge in [-0.25, -0.2) is 0 Å². The quantitative estimate of drug-likeness (QED) is 0.147. The minimum atomic E-state index is -1.76. The molecular formula is C36H60O9. The summed E-state index contributed by atoms with van der Waals surface area (Å²) in [6, 6.07) is 0. The van der Waals surface area contributed by atoms with Crippen molar-refractivity contribution >= 4 is 11.9 Å². The number of carbonyl (C=O) groups excluding carboxylic acids is 1. The number of aliphatic hydroxyl groups is 5. The largest absolute Gasteiger partial charge is 0.481 e. The minimum Gasteiger partial charge on any atom is -0.481 e. The van der Waals surface area contributed by atoms with Crippen molar-refractivity contribution < 1.29 is 45.0 Å². The number of esters is 1. The molecule has 6 N–H and O–H groups in total. The Morgan fingerprint density at radius 2 is 1.60 bits per heavy atom. The highest BCUT2D eigenvalue weighted by molar-refractivity contribution is 5.74. The lowest BCUT2D eigenvalue weighted by Gasteiger charge is -2.64. The molecule has 4 aliphatic carbocycles. The Bertz CT molecular complexity index is 1180. The molecule has 11 atom stereocenters. The number of aliphatic carboxylic acids is 1. The van der Waals surface area contributed by atoms with Crippen molar-refractivity contribution in [1.82, 2.24) is 0 Å². The third kappa shape index (κ3) is 6.14. The second kappa shape index (κ2) is 11.9. The van der Waals surface area contributed by atoms with Crippen molar-refractivity contribution in [2.75, 3.05) is 0 Å². The summed E-state index contributed by atoms with van der Waals surface area (Å²) in [6.45, 7) is 17.6. The number of hydrogen-bond acceptors (Lipinski definition) is 8. The number of rotatable bonds is 10. The van der Waals surface area contributed by atoms with Crippen molar-refractivity contribution in [3.8, 4) is 0 Å². The van der Waals surface area contributed by atoms with Crippen LogP contribution in [0, 0.1) is 39.4 Å². The fourth-order valence-electron chi connectivity index (χ4n) is 10.7. The van der Waals surface area contributed by atoms with Crippen LogP contribution in [-0.2, 0) is 14.3 Å². The van der Waals surface area contributed by atoms with Crippen molar-refractivity contribution in [2.45, 2.75) is 162 Å². The second-order valence-corrected chi connectivity index (χ2v) is 17.4. The first-order valence-corrected chi connectivity index (χ1v) is 17.0. The van der Waals surface area contributed by atoms with Gasteiger partial charge in [0.15, 0.2) is 0 Å². The van der Waals surface area contributed by atoms with Crippen molar-refractivity contribution in [2.24, 2.45) is 39.4 Å². The third-order valence-corrected chi connectivity index (χ3v) is 13.6. The molecule has 0 aromatic carbocycles. The number of carboxylic acids is 1. The fourth-order valence-corrected chi connectivity index (χ4v) is 10.7. The van der Waals surface area contributed by atoms with E-state index in [-0.39, 0.29) is 28.6 Å². The normalized spacial score (nSPS) is 40.4. The summed E-state index contributed by atoms with van der Waals surface area (Å²) in [4.78, 5) is 24.2. The van der Waals surface area contributed by atoms with E-state index in [1.54, 1.807) is 13.8 Å².